The molecular weight excluding hydrogens is 321 g/mol. The number of carbonyl (C=O) groups excluding carboxylic acids is 1. The lowest BCUT2D eigenvalue weighted by Crippen LogP contribution is -2.28. The van der Waals surface area contributed by atoms with Gasteiger partial charge < -0.3 is 15.2 Å². The van der Waals surface area contributed by atoms with Gasteiger partial charge in [-0.1, -0.05) is 12.1 Å². The van der Waals surface area contributed by atoms with Crippen LogP contribution in [-0.4, -0.2) is 30.5 Å². The summed E-state index contributed by atoms with van der Waals surface area (Å²) in [6.07, 6.45) is -0.797. The lowest BCUT2D eigenvalue weighted by atomic mass is 10.2. The Bertz CT molecular complexity index is 355. The number of hydrogen-bond acceptors (Lipinski definition) is 3. The second kappa shape index (κ2) is 6.82. The second-order valence-corrected chi connectivity index (χ2v) is 4.37. The first-order valence-electron chi connectivity index (χ1n) is 4.93. The van der Waals surface area contributed by atoms with Gasteiger partial charge >= 0.3 is 0 Å². The number of benzene rings is 1. The Morgan fingerprint density at radius 3 is 2.88 bits per heavy atom. The predicted molar refractivity (Wildman–Crippen MR) is 69.1 cm³/mol. The maximum Gasteiger partial charge on any atom is 0.252 e. The van der Waals surface area contributed by atoms with Gasteiger partial charge in [-0.05, 0) is 41.6 Å². The Balaban J connectivity index is 2.39. The Morgan fingerprint density at radius 2 is 2.25 bits per heavy atom. The summed E-state index contributed by atoms with van der Waals surface area (Å²) in [6, 6.07) is 7.35. The second-order valence-electron chi connectivity index (χ2n) is 3.21. The fraction of sp³-hybridized carbons (Fsp3) is 0.364. The van der Waals surface area contributed by atoms with E-state index in [1.54, 1.807) is 6.07 Å². The van der Waals surface area contributed by atoms with Crippen molar-refractivity contribution in [3.05, 3.63) is 33.4 Å². The van der Waals surface area contributed by atoms with Gasteiger partial charge in [0.2, 0.25) is 0 Å². The average Bonchev–Trinajstić information content (AvgIpc) is 2.24. The molecule has 0 aliphatic carbocycles. The van der Waals surface area contributed by atoms with Crippen LogP contribution < -0.4 is 5.32 Å². The number of aliphatic hydroxyl groups excluding tert-OH is 1. The molecule has 0 fully saturated rings. The number of ether oxygens (including phenoxy) is 1. The number of aliphatic hydroxyl groups is 1. The molecule has 0 radical (unpaired) electrons. The number of carbonyl (C=O) groups is 1. The molecule has 0 saturated heterocycles. The first-order valence-corrected chi connectivity index (χ1v) is 6.01. The van der Waals surface area contributed by atoms with E-state index in [0.29, 0.717) is 18.7 Å². The van der Waals surface area contributed by atoms with Gasteiger partial charge in [0.05, 0.1) is 12.2 Å². The highest BCUT2D eigenvalue weighted by Crippen LogP contribution is 2.10. The lowest BCUT2D eigenvalue weighted by molar-refractivity contribution is -0.0831. The van der Waals surface area contributed by atoms with Crippen molar-refractivity contribution < 1.29 is 14.6 Å². The molecule has 0 saturated carbocycles. The van der Waals surface area contributed by atoms with Gasteiger partial charge in [0.1, 0.15) is 0 Å². The van der Waals surface area contributed by atoms with Gasteiger partial charge in [-0.3, -0.25) is 4.79 Å². The molecule has 88 valence electrons. The molecule has 1 aromatic rings. The molecule has 1 unspecified atom stereocenters. The number of amides is 1. The predicted octanol–water partition coefficient (Wildman–Crippen LogP) is 1.38. The Hall–Kier alpha value is -0.660. The van der Waals surface area contributed by atoms with Gasteiger partial charge in [-0.25, -0.2) is 0 Å². The normalized spacial score (nSPS) is 12.2. The van der Waals surface area contributed by atoms with E-state index in [-0.39, 0.29) is 5.91 Å². The lowest BCUT2D eigenvalue weighted by Gasteiger charge is -2.08. The largest absolute Gasteiger partial charge is 0.368 e. The summed E-state index contributed by atoms with van der Waals surface area (Å²) in [5, 5.41) is 11.6. The van der Waals surface area contributed by atoms with Gasteiger partial charge in [0, 0.05) is 10.1 Å². The zero-order chi connectivity index (χ0) is 12.0. The molecule has 4 nitrogen and oxygen atoms in total. The van der Waals surface area contributed by atoms with E-state index in [1.807, 2.05) is 18.2 Å². The van der Waals surface area contributed by atoms with Crippen LogP contribution >= 0.6 is 22.6 Å². The molecule has 0 aliphatic heterocycles. The number of hydrogen-bond donors (Lipinski definition) is 2. The number of nitrogens with one attached hydrogen (secondary N) is 1. The van der Waals surface area contributed by atoms with E-state index in [2.05, 4.69) is 27.9 Å². The van der Waals surface area contributed by atoms with Crippen molar-refractivity contribution in [1.82, 2.24) is 5.32 Å². The Labute approximate surface area is 108 Å². The first-order chi connectivity index (χ1) is 7.61. The molecule has 0 aliphatic rings. The third-order valence-corrected chi connectivity index (χ3v) is 2.81. The van der Waals surface area contributed by atoms with Crippen molar-refractivity contribution >= 4 is 28.5 Å². The average molecular weight is 335 g/mol. The molecule has 5 heteroatoms. The summed E-state index contributed by atoms with van der Waals surface area (Å²) in [7, 11) is 0. The van der Waals surface area contributed by atoms with Crippen molar-refractivity contribution in [2.24, 2.45) is 0 Å². The molecule has 0 heterocycles. The van der Waals surface area contributed by atoms with E-state index >= 15 is 0 Å². The molecule has 1 rings (SSSR count). The van der Waals surface area contributed by atoms with Crippen molar-refractivity contribution in [3.8, 4) is 0 Å². The number of halogens is 1. The van der Waals surface area contributed by atoms with Crippen LogP contribution in [0.15, 0.2) is 24.3 Å². The van der Waals surface area contributed by atoms with E-state index in [9.17, 15) is 4.79 Å². The maximum absolute atomic E-state index is 11.7. The van der Waals surface area contributed by atoms with Crippen LogP contribution in [0.1, 0.15) is 17.3 Å². The van der Waals surface area contributed by atoms with Crippen molar-refractivity contribution in [2.75, 3.05) is 13.2 Å². The molecule has 0 aromatic heterocycles. The number of rotatable bonds is 5. The monoisotopic (exact) mass is 335 g/mol. The zero-order valence-corrected chi connectivity index (χ0v) is 11.1. The first kappa shape index (κ1) is 13.4. The van der Waals surface area contributed by atoms with Crippen LogP contribution in [0, 0.1) is 3.57 Å². The SMILES string of the molecule is CC(O)OCCNC(=O)c1ccccc1I. The Kier molecular flexibility index (Phi) is 5.72. The van der Waals surface area contributed by atoms with Crippen LogP contribution in [0.25, 0.3) is 0 Å². The van der Waals surface area contributed by atoms with Gasteiger partial charge in [0.15, 0.2) is 6.29 Å². The van der Waals surface area contributed by atoms with E-state index in [0.717, 1.165) is 3.57 Å². The Morgan fingerprint density at radius 1 is 1.56 bits per heavy atom. The summed E-state index contributed by atoms with van der Waals surface area (Å²) in [6.45, 7) is 2.21. The molecular formula is C11H14INO3. The zero-order valence-electron chi connectivity index (χ0n) is 8.94. The topological polar surface area (TPSA) is 58.6 Å². The molecule has 16 heavy (non-hydrogen) atoms. The van der Waals surface area contributed by atoms with Crippen molar-refractivity contribution in [2.45, 2.75) is 13.2 Å². The highest BCUT2D eigenvalue weighted by atomic mass is 127. The molecule has 1 atom stereocenters. The molecule has 0 spiro atoms. The minimum absolute atomic E-state index is 0.126. The molecule has 0 bridgehead atoms. The van der Waals surface area contributed by atoms with E-state index < -0.39 is 6.29 Å². The summed E-state index contributed by atoms with van der Waals surface area (Å²) in [5.74, 6) is -0.126. The summed E-state index contributed by atoms with van der Waals surface area (Å²) < 4.78 is 5.81. The van der Waals surface area contributed by atoms with E-state index in [4.69, 9.17) is 9.84 Å². The van der Waals surface area contributed by atoms with Gasteiger partial charge in [0.25, 0.3) is 5.91 Å². The maximum atomic E-state index is 11.7. The van der Waals surface area contributed by atoms with Crippen molar-refractivity contribution in [3.63, 3.8) is 0 Å². The third-order valence-electron chi connectivity index (χ3n) is 1.87. The quantitative estimate of drug-likeness (QED) is 0.486. The fourth-order valence-corrected chi connectivity index (χ4v) is 1.77. The van der Waals surface area contributed by atoms with Crippen LogP contribution in [0.2, 0.25) is 0 Å². The molecule has 2 N–H and O–H groups in total. The smallest absolute Gasteiger partial charge is 0.252 e. The molecule has 1 amide bonds. The minimum atomic E-state index is -0.797. The standard InChI is InChI=1S/C11H14INO3/c1-8(14)16-7-6-13-11(15)9-4-2-3-5-10(9)12/h2-5,8,14H,6-7H2,1H3,(H,13,15). The van der Waals surface area contributed by atoms with Gasteiger partial charge in [-0.15, -0.1) is 0 Å². The van der Waals surface area contributed by atoms with Crippen LogP contribution in [0.5, 0.6) is 0 Å². The molecule has 1 aromatic carbocycles. The summed E-state index contributed by atoms with van der Waals surface area (Å²) in [5.41, 5.74) is 0.653. The third kappa shape index (κ3) is 4.46. The highest BCUT2D eigenvalue weighted by molar-refractivity contribution is 14.1. The summed E-state index contributed by atoms with van der Waals surface area (Å²) in [4.78, 5) is 11.7. The highest BCUT2D eigenvalue weighted by Gasteiger charge is 2.07. The van der Waals surface area contributed by atoms with Crippen LogP contribution in [0.3, 0.4) is 0 Å². The van der Waals surface area contributed by atoms with E-state index in [1.165, 1.54) is 6.92 Å². The van der Waals surface area contributed by atoms with Gasteiger partial charge in [-0.2, -0.15) is 0 Å². The van der Waals surface area contributed by atoms with Crippen molar-refractivity contribution in [1.29, 1.82) is 0 Å². The fourth-order valence-electron chi connectivity index (χ4n) is 1.13. The van der Waals surface area contributed by atoms with Crippen LogP contribution in [-0.2, 0) is 4.74 Å². The minimum Gasteiger partial charge on any atom is -0.368 e. The summed E-state index contributed by atoms with van der Waals surface area (Å²) >= 11 is 2.12. The van der Waals surface area contributed by atoms with Crippen LogP contribution in [0.4, 0.5) is 0 Å².